The van der Waals surface area contributed by atoms with Gasteiger partial charge in [-0.25, -0.2) is 5.53 Å². The lowest BCUT2D eigenvalue weighted by atomic mass is 9.99. The number of hydrogen-bond acceptors (Lipinski definition) is 7. The monoisotopic (exact) mass is 503 g/mol. The number of amidine groups is 1. The minimum atomic E-state index is -0.499. The molecule has 3 aromatic rings. The van der Waals surface area contributed by atoms with Gasteiger partial charge in [-0.15, -0.1) is 10.6 Å². The summed E-state index contributed by atoms with van der Waals surface area (Å²) in [6, 6.07) is 20.9. The lowest BCUT2D eigenvalue weighted by Gasteiger charge is -2.18. The molecular weight excluding hydrogens is 478 g/mol. The summed E-state index contributed by atoms with van der Waals surface area (Å²) in [7, 11) is 0. The van der Waals surface area contributed by atoms with Crippen LogP contribution in [0.4, 0.5) is 0 Å². The maximum atomic E-state index is 12.8. The van der Waals surface area contributed by atoms with E-state index in [0.717, 1.165) is 36.0 Å². The van der Waals surface area contributed by atoms with Crippen molar-refractivity contribution < 1.29 is 14.3 Å². The van der Waals surface area contributed by atoms with Crippen molar-refractivity contribution in [3.05, 3.63) is 88.4 Å². The lowest BCUT2D eigenvalue weighted by molar-refractivity contribution is -0.135. The topological polar surface area (TPSA) is 104 Å². The molecule has 0 radical (unpaired) electrons. The van der Waals surface area contributed by atoms with Gasteiger partial charge < -0.3 is 10.1 Å². The Hall–Kier alpha value is -3.88. The molecule has 2 aliphatic rings. The number of hydrazine groups is 2. The molecule has 0 spiro atoms. The van der Waals surface area contributed by atoms with E-state index >= 15 is 0 Å². The van der Waals surface area contributed by atoms with Gasteiger partial charge in [-0.2, -0.15) is 0 Å². The van der Waals surface area contributed by atoms with Gasteiger partial charge in [0.15, 0.2) is 0 Å². The largest absolute Gasteiger partial charge is 0.426 e. The van der Waals surface area contributed by atoms with Crippen molar-refractivity contribution in [1.29, 1.82) is 0 Å². The number of hydrazone groups is 1. The number of ether oxygens (including phenoxy) is 1. The van der Waals surface area contributed by atoms with E-state index in [9.17, 15) is 9.59 Å². The Balaban J connectivity index is 1.28. The van der Waals surface area contributed by atoms with Gasteiger partial charge in [-0.1, -0.05) is 54.1 Å². The van der Waals surface area contributed by atoms with Crippen LogP contribution < -0.4 is 26.5 Å². The van der Waals surface area contributed by atoms with E-state index in [0.29, 0.717) is 17.2 Å². The average molecular weight is 504 g/mol. The zero-order valence-corrected chi connectivity index (χ0v) is 20.3. The normalized spacial score (nSPS) is 14.8. The predicted octanol–water partition coefficient (Wildman–Crippen LogP) is 3.44. The highest BCUT2D eigenvalue weighted by Gasteiger charge is 2.23. The number of rotatable bonds is 8. The number of aryl methyl sites for hydroxylation is 2. The summed E-state index contributed by atoms with van der Waals surface area (Å²) in [5.74, 6) is -0.222. The molecule has 1 amide bonds. The molecule has 1 atom stereocenters. The Morgan fingerprint density at radius 3 is 2.61 bits per heavy atom. The van der Waals surface area contributed by atoms with Crippen LogP contribution >= 0.6 is 11.6 Å². The second-order valence-electron chi connectivity index (χ2n) is 8.87. The highest BCUT2D eigenvalue weighted by Crippen LogP contribution is 2.27. The van der Waals surface area contributed by atoms with Crippen LogP contribution in [0.2, 0.25) is 5.02 Å². The summed E-state index contributed by atoms with van der Waals surface area (Å²) in [5.41, 5.74) is 13.2. The van der Waals surface area contributed by atoms with Crippen LogP contribution in [-0.2, 0) is 28.9 Å². The number of carbonyl (C=O) groups is 2. The van der Waals surface area contributed by atoms with Gasteiger partial charge in [0.05, 0.1) is 6.42 Å². The van der Waals surface area contributed by atoms with Gasteiger partial charge >= 0.3 is 5.97 Å². The molecule has 0 saturated carbocycles. The Kier molecular flexibility index (Phi) is 7.16. The third-order valence-electron chi connectivity index (χ3n) is 6.26. The molecule has 5 rings (SSSR count). The van der Waals surface area contributed by atoms with Crippen molar-refractivity contribution in [2.24, 2.45) is 5.10 Å². The molecule has 0 bridgehead atoms. The Labute approximate surface area is 214 Å². The van der Waals surface area contributed by atoms with E-state index in [1.54, 1.807) is 0 Å². The highest BCUT2D eigenvalue weighted by molar-refractivity contribution is 6.38. The molecule has 0 fully saturated rings. The molecule has 36 heavy (non-hydrogen) atoms. The first-order chi connectivity index (χ1) is 17.5. The van der Waals surface area contributed by atoms with Crippen LogP contribution in [0.25, 0.3) is 11.1 Å². The number of amides is 1. The quantitative estimate of drug-likeness (QED) is 0.277. The molecule has 1 aliphatic heterocycles. The molecule has 1 heterocycles. The summed E-state index contributed by atoms with van der Waals surface area (Å²) in [6.07, 6.45) is 3.64. The van der Waals surface area contributed by atoms with Gasteiger partial charge in [0.25, 0.3) is 5.91 Å². The third-order valence-corrected chi connectivity index (χ3v) is 6.50. The van der Waals surface area contributed by atoms with E-state index in [-0.39, 0.29) is 12.3 Å². The van der Waals surface area contributed by atoms with Crippen molar-refractivity contribution >= 4 is 29.3 Å². The molecular formula is C27H26ClN5O3. The second-order valence-corrected chi connectivity index (χ2v) is 9.30. The summed E-state index contributed by atoms with van der Waals surface area (Å²) in [4.78, 5) is 25.5. The maximum absolute atomic E-state index is 12.8. The third kappa shape index (κ3) is 5.84. The molecule has 3 aromatic carbocycles. The van der Waals surface area contributed by atoms with Crippen LogP contribution in [0, 0.1) is 0 Å². The number of carbonyl (C=O) groups excluding carboxylic acids is 2. The first-order valence-electron chi connectivity index (χ1n) is 11.9. The lowest BCUT2D eigenvalue weighted by Crippen LogP contribution is -2.47. The van der Waals surface area contributed by atoms with Gasteiger partial charge in [0.1, 0.15) is 5.75 Å². The highest BCUT2D eigenvalue weighted by atomic mass is 35.5. The molecule has 0 unspecified atom stereocenters. The summed E-state index contributed by atoms with van der Waals surface area (Å²) < 4.78 is 5.63. The summed E-state index contributed by atoms with van der Waals surface area (Å²) >= 11 is 6.12. The standard InChI is InChI=1S/C27H26ClN5O3/c28-22-6-2-5-20(14-22)19-9-7-17(8-10-19)13-23(29-27(35)26-30-32-33-31-26)16-25(34)36-24-12-11-18-3-1-4-21(18)15-24/h2,5-12,14-15,23,32-33H,1,3-4,13,16H2,(H,29,35)(H,30,31)/t23-/m1/s1. The smallest absolute Gasteiger partial charge is 0.313 e. The van der Waals surface area contributed by atoms with Crippen LogP contribution in [0.15, 0.2) is 71.8 Å². The number of nitrogens with zero attached hydrogens (tertiary/aromatic N) is 1. The average Bonchev–Trinajstić information content (AvgIpc) is 3.57. The maximum Gasteiger partial charge on any atom is 0.313 e. The van der Waals surface area contributed by atoms with Gasteiger partial charge in [0.2, 0.25) is 5.84 Å². The van der Waals surface area contributed by atoms with Crippen LogP contribution in [-0.4, -0.2) is 23.8 Å². The predicted molar refractivity (Wildman–Crippen MR) is 138 cm³/mol. The minimum absolute atomic E-state index is 0.00695. The first-order valence-corrected chi connectivity index (χ1v) is 12.2. The van der Waals surface area contributed by atoms with Gasteiger partial charge in [-0.05, 0) is 77.8 Å². The second kappa shape index (κ2) is 10.8. The minimum Gasteiger partial charge on any atom is -0.426 e. The van der Waals surface area contributed by atoms with E-state index in [1.165, 1.54) is 11.1 Å². The molecule has 0 saturated heterocycles. The number of benzene rings is 3. The fraction of sp³-hybridized carbons (Fsp3) is 0.222. The summed E-state index contributed by atoms with van der Waals surface area (Å²) in [5, 5.41) is 7.40. The number of hydrogen-bond donors (Lipinski definition) is 4. The van der Waals surface area contributed by atoms with E-state index < -0.39 is 17.9 Å². The van der Waals surface area contributed by atoms with Gasteiger partial charge in [0, 0.05) is 11.1 Å². The molecule has 4 N–H and O–H groups in total. The molecule has 8 nitrogen and oxygen atoms in total. The number of nitrogens with one attached hydrogen (secondary N) is 4. The molecule has 1 aliphatic carbocycles. The van der Waals surface area contributed by atoms with Crippen molar-refractivity contribution in [1.82, 2.24) is 21.8 Å². The van der Waals surface area contributed by atoms with Gasteiger partial charge in [-0.3, -0.25) is 15.0 Å². The van der Waals surface area contributed by atoms with Crippen LogP contribution in [0.3, 0.4) is 0 Å². The van der Waals surface area contributed by atoms with E-state index in [4.69, 9.17) is 16.3 Å². The SMILES string of the molecule is O=C(C[C@@H](Cc1ccc(-c2cccc(Cl)c2)cc1)NC(=O)C1=NNNN1)Oc1ccc2c(c1)CCC2. The van der Waals surface area contributed by atoms with E-state index in [2.05, 4.69) is 26.9 Å². The Morgan fingerprint density at radius 2 is 1.83 bits per heavy atom. The Bertz CT molecular complexity index is 1310. The first kappa shape index (κ1) is 23.8. The number of esters is 1. The fourth-order valence-electron chi connectivity index (χ4n) is 4.51. The zero-order valence-electron chi connectivity index (χ0n) is 19.5. The fourth-order valence-corrected chi connectivity index (χ4v) is 4.70. The number of fused-ring (bicyclic) bond motifs is 1. The van der Waals surface area contributed by atoms with E-state index in [1.807, 2.05) is 66.7 Å². The molecule has 184 valence electrons. The molecule has 9 heteroatoms. The van der Waals surface area contributed by atoms with Crippen LogP contribution in [0.5, 0.6) is 5.75 Å². The number of halogens is 1. The summed E-state index contributed by atoms with van der Waals surface area (Å²) in [6.45, 7) is 0. The zero-order chi connectivity index (χ0) is 24.9. The van der Waals surface area contributed by atoms with Crippen molar-refractivity contribution in [3.8, 4) is 16.9 Å². The Morgan fingerprint density at radius 1 is 1.00 bits per heavy atom. The van der Waals surface area contributed by atoms with Crippen molar-refractivity contribution in [2.45, 2.75) is 38.1 Å². The molecule has 0 aromatic heterocycles. The van der Waals surface area contributed by atoms with Crippen molar-refractivity contribution in [3.63, 3.8) is 0 Å². The van der Waals surface area contributed by atoms with Crippen LogP contribution in [0.1, 0.15) is 29.5 Å². The van der Waals surface area contributed by atoms with Crippen molar-refractivity contribution in [2.75, 3.05) is 0 Å².